The highest BCUT2D eigenvalue weighted by atomic mass is 15.4. The van der Waals surface area contributed by atoms with Crippen LogP contribution in [0.2, 0.25) is 0 Å². The van der Waals surface area contributed by atoms with Gasteiger partial charge in [-0.05, 0) is 37.0 Å². The van der Waals surface area contributed by atoms with Crippen LogP contribution in [-0.2, 0) is 0 Å². The van der Waals surface area contributed by atoms with E-state index >= 15 is 0 Å². The molecule has 0 bridgehead atoms. The molecule has 17 heavy (non-hydrogen) atoms. The average Bonchev–Trinajstić information content (AvgIpc) is 2.59. The van der Waals surface area contributed by atoms with Crippen molar-refractivity contribution in [2.24, 2.45) is 11.3 Å². The standard InChI is InChI=1S/C12H23N5/c1-12(2,3)9-6-4-8(5-7-9)10-15-16-11(13)17(10)14/h8-9H,4-7,14H2,1-3H3,(H2,13,16). The van der Waals surface area contributed by atoms with Crippen molar-refractivity contribution in [2.45, 2.75) is 52.4 Å². The molecule has 1 saturated carbocycles. The number of aromatic nitrogens is 3. The minimum atomic E-state index is 0.304. The van der Waals surface area contributed by atoms with E-state index in [0.29, 0.717) is 17.3 Å². The maximum Gasteiger partial charge on any atom is 0.240 e. The van der Waals surface area contributed by atoms with Gasteiger partial charge in [0.1, 0.15) is 0 Å². The zero-order valence-electron chi connectivity index (χ0n) is 11.0. The quantitative estimate of drug-likeness (QED) is 0.731. The molecule has 1 fully saturated rings. The van der Waals surface area contributed by atoms with E-state index in [1.807, 2.05) is 0 Å². The summed E-state index contributed by atoms with van der Waals surface area (Å²) in [5.74, 6) is 8.18. The van der Waals surface area contributed by atoms with Crippen LogP contribution >= 0.6 is 0 Å². The van der Waals surface area contributed by atoms with E-state index in [4.69, 9.17) is 11.6 Å². The van der Waals surface area contributed by atoms with Crippen molar-refractivity contribution in [2.75, 3.05) is 11.6 Å². The van der Waals surface area contributed by atoms with Gasteiger partial charge in [-0.25, -0.2) is 4.68 Å². The van der Waals surface area contributed by atoms with Gasteiger partial charge in [0.25, 0.3) is 0 Å². The normalized spacial score (nSPS) is 26.1. The van der Waals surface area contributed by atoms with E-state index < -0.39 is 0 Å². The first-order valence-electron chi connectivity index (χ1n) is 6.35. The Labute approximate surface area is 103 Å². The maximum atomic E-state index is 5.82. The van der Waals surface area contributed by atoms with E-state index in [9.17, 15) is 0 Å². The summed E-state index contributed by atoms with van der Waals surface area (Å²) >= 11 is 0. The highest BCUT2D eigenvalue weighted by Crippen LogP contribution is 2.42. The molecule has 0 unspecified atom stereocenters. The van der Waals surface area contributed by atoms with E-state index in [0.717, 1.165) is 24.6 Å². The summed E-state index contributed by atoms with van der Waals surface area (Å²) in [7, 11) is 0. The van der Waals surface area contributed by atoms with Crippen molar-refractivity contribution in [3.63, 3.8) is 0 Å². The monoisotopic (exact) mass is 237 g/mol. The molecule has 5 heteroatoms. The lowest BCUT2D eigenvalue weighted by molar-refractivity contribution is 0.166. The van der Waals surface area contributed by atoms with Crippen LogP contribution in [0.25, 0.3) is 0 Å². The Bertz CT molecular complexity index is 382. The Balaban J connectivity index is 2.02. The van der Waals surface area contributed by atoms with Gasteiger partial charge in [-0.2, -0.15) is 0 Å². The lowest BCUT2D eigenvalue weighted by atomic mass is 9.70. The molecule has 2 rings (SSSR count). The number of nitrogen functional groups attached to an aromatic ring is 2. The number of hydrogen-bond donors (Lipinski definition) is 2. The van der Waals surface area contributed by atoms with E-state index in [1.54, 1.807) is 0 Å². The highest BCUT2D eigenvalue weighted by Gasteiger charge is 2.32. The number of rotatable bonds is 1. The summed E-state index contributed by atoms with van der Waals surface area (Å²) in [6.45, 7) is 6.96. The van der Waals surface area contributed by atoms with Crippen molar-refractivity contribution in [3.05, 3.63) is 5.82 Å². The van der Waals surface area contributed by atoms with Gasteiger partial charge in [0, 0.05) is 5.92 Å². The zero-order valence-corrected chi connectivity index (χ0v) is 11.0. The van der Waals surface area contributed by atoms with Gasteiger partial charge < -0.3 is 11.6 Å². The molecule has 96 valence electrons. The van der Waals surface area contributed by atoms with Gasteiger partial charge in [-0.1, -0.05) is 20.8 Å². The minimum absolute atomic E-state index is 0.304. The molecular formula is C12H23N5. The predicted octanol–water partition coefficient (Wildman–Crippen LogP) is 1.89. The predicted molar refractivity (Wildman–Crippen MR) is 68.7 cm³/mol. The molecule has 0 atom stereocenters. The molecule has 0 saturated heterocycles. The second-order valence-electron chi connectivity index (χ2n) is 6.20. The number of hydrogen-bond acceptors (Lipinski definition) is 4. The Hall–Kier alpha value is -1.26. The van der Waals surface area contributed by atoms with E-state index in [1.165, 1.54) is 17.5 Å². The van der Waals surface area contributed by atoms with Crippen LogP contribution in [0.4, 0.5) is 5.95 Å². The van der Waals surface area contributed by atoms with Crippen LogP contribution in [0.3, 0.4) is 0 Å². The average molecular weight is 237 g/mol. The summed E-state index contributed by atoms with van der Waals surface area (Å²) < 4.78 is 1.43. The fraction of sp³-hybridized carbons (Fsp3) is 0.833. The van der Waals surface area contributed by atoms with Crippen molar-refractivity contribution in [1.82, 2.24) is 14.9 Å². The molecule has 1 aromatic rings. The van der Waals surface area contributed by atoms with Gasteiger partial charge in [0.05, 0.1) is 0 Å². The van der Waals surface area contributed by atoms with E-state index in [2.05, 4.69) is 31.0 Å². The second kappa shape index (κ2) is 4.20. The third-order valence-corrected chi connectivity index (χ3v) is 4.07. The van der Waals surface area contributed by atoms with Crippen LogP contribution in [-0.4, -0.2) is 14.9 Å². The van der Waals surface area contributed by atoms with Crippen LogP contribution in [0.5, 0.6) is 0 Å². The molecule has 1 aliphatic carbocycles. The molecule has 1 aliphatic rings. The fourth-order valence-corrected chi connectivity index (χ4v) is 2.81. The summed E-state index contributed by atoms with van der Waals surface area (Å²) in [6.07, 6.45) is 4.75. The maximum absolute atomic E-state index is 5.82. The van der Waals surface area contributed by atoms with Gasteiger partial charge in [0.2, 0.25) is 5.95 Å². The molecule has 0 spiro atoms. The molecule has 5 nitrogen and oxygen atoms in total. The van der Waals surface area contributed by atoms with Crippen LogP contribution in [0.15, 0.2) is 0 Å². The Kier molecular flexibility index (Phi) is 3.02. The van der Waals surface area contributed by atoms with Gasteiger partial charge >= 0.3 is 0 Å². The molecular weight excluding hydrogens is 214 g/mol. The Morgan fingerprint density at radius 2 is 1.71 bits per heavy atom. The summed E-state index contributed by atoms with van der Waals surface area (Å²) in [5.41, 5.74) is 6.01. The highest BCUT2D eigenvalue weighted by molar-refractivity contribution is 5.19. The lowest BCUT2D eigenvalue weighted by Crippen LogP contribution is -2.27. The van der Waals surface area contributed by atoms with Gasteiger partial charge in [0.15, 0.2) is 5.82 Å². The first-order chi connectivity index (χ1) is 7.89. The Morgan fingerprint density at radius 3 is 2.12 bits per heavy atom. The summed E-state index contributed by atoms with van der Waals surface area (Å²) in [6, 6.07) is 0. The summed E-state index contributed by atoms with van der Waals surface area (Å²) in [5, 5.41) is 7.91. The molecule has 0 aromatic carbocycles. The van der Waals surface area contributed by atoms with Gasteiger partial charge in [-0.15, -0.1) is 10.2 Å². The summed E-state index contributed by atoms with van der Waals surface area (Å²) in [4.78, 5) is 0. The van der Waals surface area contributed by atoms with Crippen molar-refractivity contribution < 1.29 is 0 Å². The largest absolute Gasteiger partial charge is 0.366 e. The molecule has 1 aromatic heterocycles. The van der Waals surface area contributed by atoms with Crippen LogP contribution in [0.1, 0.15) is 58.2 Å². The molecule has 4 N–H and O–H groups in total. The topological polar surface area (TPSA) is 82.8 Å². The second-order valence-corrected chi connectivity index (χ2v) is 6.20. The molecule has 1 heterocycles. The molecule has 0 radical (unpaired) electrons. The van der Waals surface area contributed by atoms with Gasteiger partial charge in [-0.3, -0.25) is 0 Å². The van der Waals surface area contributed by atoms with Crippen molar-refractivity contribution >= 4 is 5.95 Å². The molecule has 0 amide bonds. The SMILES string of the molecule is CC(C)(C)C1CCC(c2nnc(N)n2N)CC1. The van der Waals surface area contributed by atoms with Crippen LogP contribution < -0.4 is 11.6 Å². The number of nitrogens with zero attached hydrogens (tertiary/aromatic N) is 3. The third kappa shape index (κ3) is 2.37. The number of anilines is 1. The smallest absolute Gasteiger partial charge is 0.240 e. The first kappa shape index (κ1) is 12.2. The van der Waals surface area contributed by atoms with Crippen LogP contribution in [0, 0.1) is 11.3 Å². The lowest BCUT2D eigenvalue weighted by Gasteiger charge is -2.36. The minimum Gasteiger partial charge on any atom is -0.366 e. The first-order valence-corrected chi connectivity index (χ1v) is 6.35. The third-order valence-electron chi connectivity index (χ3n) is 4.07. The molecule has 0 aliphatic heterocycles. The fourth-order valence-electron chi connectivity index (χ4n) is 2.81. The van der Waals surface area contributed by atoms with Crippen molar-refractivity contribution in [3.8, 4) is 0 Å². The zero-order chi connectivity index (χ0) is 12.6. The van der Waals surface area contributed by atoms with Crippen molar-refractivity contribution in [1.29, 1.82) is 0 Å². The van der Waals surface area contributed by atoms with E-state index in [-0.39, 0.29) is 0 Å². The Morgan fingerprint density at radius 1 is 1.12 bits per heavy atom. The number of nitrogens with two attached hydrogens (primary N) is 2.